The molecule has 27 heavy (non-hydrogen) atoms. The van der Waals surface area contributed by atoms with Gasteiger partial charge in [-0.05, 0) is 35.7 Å². The van der Waals surface area contributed by atoms with E-state index in [9.17, 15) is 13.5 Å². The first kappa shape index (κ1) is 19.6. The van der Waals surface area contributed by atoms with Gasteiger partial charge in [-0.3, -0.25) is 0 Å². The number of halogens is 1. The van der Waals surface area contributed by atoms with E-state index in [1.165, 1.54) is 12.1 Å². The minimum Gasteiger partial charge on any atom is -0.384 e. The van der Waals surface area contributed by atoms with Crippen LogP contribution in [-0.2, 0) is 15.6 Å². The van der Waals surface area contributed by atoms with Crippen LogP contribution in [0.1, 0.15) is 12.5 Å². The van der Waals surface area contributed by atoms with E-state index >= 15 is 0 Å². The van der Waals surface area contributed by atoms with E-state index in [0.29, 0.717) is 5.56 Å². The van der Waals surface area contributed by atoms with Crippen LogP contribution in [0.25, 0.3) is 11.1 Å². The molecule has 0 saturated heterocycles. The van der Waals surface area contributed by atoms with Gasteiger partial charge in [0.2, 0.25) is 10.0 Å². The van der Waals surface area contributed by atoms with Crippen molar-refractivity contribution in [3.63, 3.8) is 0 Å². The summed E-state index contributed by atoms with van der Waals surface area (Å²) in [5.74, 6) is 0. The lowest BCUT2D eigenvalue weighted by Gasteiger charge is -2.24. The quantitative estimate of drug-likeness (QED) is 0.650. The van der Waals surface area contributed by atoms with Crippen LogP contribution in [0.4, 0.5) is 0 Å². The van der Waals surface area contributed by atoms with Gasteiger partial charge in [-0.1, -0.05) is 78.3 Å². The second-order valence-corrected chi connectivity index (χ2v) is 8.61. The molecule has 1 unspecified atom stereocenters. The molecule has 6 heteroatoms. The van der Waals surface area contributed by atoms with E-state index < -0.39 is 15.6 Å². The second kappa shape index (κ2) is 7.82. The van der Waals surface area contributed by atoms with E-state index in [0.717, 1.165) is 11.1 Å². The molecular weight excluding hydrogens is 382 g/mol. The summed E-state index contributed by atoms with van der Waals surface area (Å²) in [6.07, 6.45) is 0. The average molecular weight is 402 g/mol. The summed E-state index contributed by atoms with van der Waals surface area (Å²) in [7, 11) is -3.83. The van der Waals surface area contributed by atoms with Crippen LogP contribution < -0.4 is 4.72 Å². The third-order valence-electron chi connectivity index (χ3n) is 4.35. The molecule has 0 radical (unpaired) electrons. The van der Waals surface area contributed by atoms with Crippen molar-refractivity contribution in [2.24, 2.45) is 0 Å². The first-order valence-electron chi connectivity index (χ1n) is 8.42. The number of aliphatic hydroxyl groups is 1. The molecule has 0 heterocycles. The van der Waals surface area contributed by atoms with E-state index in [1.807, 2.05) is 42.5 Å². The van der Waals surface area contributed by atoms with E-state index in [4.69, 9.17) is 11.6 Å². The largest absolute Gasteiger partial charge is 0.384 e. The van der Waals surface area contributed by atoms with Gasteiger partial charge in [0.15, 0.2) is 0 Å². The molecule has 4 nitrogen and oxygen atoms in total. The Kier molecular flexibility index (Phi) is 5.67. The second-order valence-electron chi connectivity index (χ2n) is 6.47. The van der Waals surface area contributed by atoms with E-state index in [-0.39, 0.29) is 16.5 Å². The summed E-state index contributed by atoms with van der Waals surface area (Å²) >= 11 is 5.97. The molecule has 0 aromatic heterocycles. The molecule has 1 atom stereocenters. The van der Waals surface area contributed by atoms with Crippen molar-refractivity contribution in [2.45, 2.75) is 17.4 Å². The molecule has 0 saturated carbocycles. The molecule has 3 aromatic rings. The van der Waals surface area contributed by atoms with Crippen molar-refractivity contribution >= 4 is 21.6 Å². The summed E-state index contributed by atoms with van der Waals surface area (Å²) in [4.78, 5) is -0.0121. The van der Waals surface area contributed by atoms with Gasteiger partial charge in [0, 0.05) is 6.54 Å². The average Bonchev–Trinajstić information content (AvgIpc) is 2.68. The zero-order valence-electron chi connectivity index (χ0n) is 14.8. The first-order chi connectivity index (χ1) is 12.8. The monoisotopic (exact) mass is 401 g/mol. The molecule has 3 rings (SSSR count). The van der Waals surface area contributed by atoms with Crippen molar-refractivity contribution in [1.29, 1.82) is 0 Å². The van der Waals surface area contributed by atoms with Gasteiger partial charge >= 0.3 is 0 Å². The van der Waals surface area contributed by atoms with Gasteiger partial charge in [-0.15, -0.1) is 0 Å². The topological polar surface area (TPSA) is 66.4 Å². The normalized spacial score (nSPS) is 13.9. The Labute approximate surface area is 164 Å². The van der Waals surface area contributed by atoms with Crippen LogP contribution in [0.15, 0.2) is 83.8 Å². The van der Waals surface area contributed by atoms with Crippen LogP contribution >= 0.6 is 11.6 Å². The Balaban J connectivity index is 1.76. The SMILES string of the molecule is CC(O)(CNS(=O)(=O)c1ccccc1Cl)c1ccc(-c2ccccc2)cc1. The molecule has 0 bridgehead atoms. The predicted octanol–water partition coefficient (Wildman–Crippen LogP) is 4.19. The highest BCUT2D eigenvalue weighted by molar-refractivity contribution is 7.89. The fraction of sp³-hybridized carbons (Fsp3) is 0.143. The Morgan fingerprint density at radius 3 is 2.07 bits per heavy atom. The van der Waals surface area contributed by atoms with Gasteiger partial charge in [0.25, 0.3) is 0 Å². The number of hydrogen-bond acceptors (Lipinski definition) is 3. The van der Waals surface area contributed by atoms with Crippen molar-refractivity contribution < 1.29 is 13.5 Å². The Morgan fingerprint density at radius 2 is 1.44 bits per heavy atom. The third kappa shape index (κ3) is 4.57. The fourth-order valence-electron chi connectivity index (χ4n) is 2.73. The molecular formula is C21H20ClNO3S. The smallest absolute Gasteiger partial charge is 0.242 e. The van der Waals surface area contributed by atoms with Crippen LogP contribution in [0, 0.1) is 0 Å². The summed E-state index contributed by atoms with van der Waals surface area (Å²) < 4.78 is 27.4. The Morgan fingerprint density at radius 1 is 0.889 bits per heavy atom. The molecule has 0 spiro atoms. The summed E-state index contributed by atoms with van der Waals surface area (Å²) in [5, 5.41) is 10.9. The Bertz CT molecular complexity index is 1020. The maximum absolute atomic E-state index is 12.5. The lowest BCUT2D eigenvalue weighted by molar-refractivity contribution is 0.0627. The standard InChI is InChI=1S/C21H20ClNO3S/c1-21(24,15-23-27(25,26)20-10-6-5-9-19(20)22)18-13-11-17(12-14-18)16-7-3-2-4-8-16/h2-14,23-24H,15H2,1H3. The fourth-order valence-corrected chi connectivity index (χ4v) is 4.38. The van der Waals surface area contributed by atoms with E-state index in [2.05, 4.69) is 4.72 Å². The molecule has 0 fully saturated rings. The molecule has 140 valence electrons. The molecule has 0 aliphatic rings. The van der Waals surface area contributed by atoms with Crippen LogP contribution in [0.3, 0.4) is 0 Å². The van der Waals surface area contributed by atoms with Gasteiger partial charge in [-0.25, -0.2) is 13.1 Å². The summed E-state index contributed by atoms with van der Waals surface area (Å²) in [6, 6.07) is 23.5. The highest BCUT2D eigenvalue weighted by Gasteiger charge is 2.27. The van der Waals surface area contributed by atoms with Crippen molar-refractivity contribution in [3.8, 4) is 11.1 Å². The van der Waals surface area contributed by atoms with Crippen LogP contribution in [0.5, 0.6) is 0 Å². The van der Waals surface area contributed by atoms with Crippen molar-refractivity contribution in [2.75, 3.05) is 6.54 Å². The minimum absolute atomic E-state index is 0.0121. The molecule has 0 aliphatic carbocycles. The summed E-state index contributed by atoms with van der Waals surface area (Å²) in [6.45, 7) is 1.39. The summed E-state index contributed by atoms with van der Waals surface area (Å²) in [5.41, 5.74) is 1.34. The number of rotatable bonds is 6. The van der Waals surface area contributed by atoms with Crippen LogP contribution in [-0.4, -0.2) is 20.1 Å². The molecule has 0 aliphatic heterocycles. The minimum atomic E-state index is -3.83. The zero-order chi connectivity index (χ0) is 19.5. The number of benzene rings is 3. The molecule has 0 amide bonds. The highest BCUT2D eigenvalue weighted by atomic mass is 35.5. The molecule has 2 N–H and O–H groups in total. The first-order valence-corrected chi connectivity index (χ1v) is 10.3. The Hall–Kier alpha value is -2.18. The van der Waals surface area contributed by atoms with Crippen molar-refractivity contribution in [3.05, 3.63) is 89.4 Å². The zero-order valence-corrected chi connectivity index (χ0v) is 16.3. The predicted molar refractivity (Wildman–Crippen MR) is 108 cm³/mol. The maximum atomic E-state index is 12.5. The van der Waals surface area contributed by atoms with E-state index in [1.54, 1.807) is 31.2 Å². The molecule has 3 aromatic carbocycles. The lowest BCUT2D eigenvalue weighted by atomic mass is 9.94. The lowest BCUT2D eigenvalue weighted by Crippen LogP contribution is -2.38. The van der Waals surface area contributed by atoms with Crippen molar-refractivity contribution in [1.82, 2.24) is 4.72 Å². The van der Waals surface area contributed by atoms with Crippen LogP contribution in [0.2, 0.25) is 5.02 Å². The van der Waals surface area contributed by atoms with Gasteiger partial charge in [0.05, 0.1) is 5.02 Å². The van der Waals surface area contributed by atoms with Gasteiger partial charge in [-0.2, -0.15) is 0 Å². The van der Waals surface area contributed by atoms with Gasteiger partial charge < -0.3 is 5.11 Å². The van der Waals surface area contributed by atoms with Gasteiger partial charge in [0.1, 0.15) is 10.5 Å². The third-order valence-corrected chi connectivity index (χ3v) is 6.25. The number of sulfonamides is 1. The number of hydrogen-bond donors (Lipinski definition) is 2. The number of nitrogens with one attached hydrogen (secondary N) is 1. The maximum Gasteiger partial charge on any atom is 0.242 e. The highest BCUT2D eigenvalue weighted by Crippen LogP contribution is 2.26.